The monoisotopic (exact) mass is 189 g/mol. The maximum Gasteiger partial charge on any atom is -0.00436 e. The molecule has 1 fully saturated rings. The summed E-state index contributed by atoms with van der Waals surface area (Å²) >= 11 is 0. The standard InChI is InChI=1S/C13H19N/c1-13(7-9-14-10-8-13)11-12-5-3-2-4-6-12/h2-6,14H,7-11H2,1H3. The lowest BCUT2D eigenvalue weighted by Crippen LogP contribution is -2.36. The minimum absolute atomic E-state index is 0.520. The fraction of sp³-hybridized carbons (Fsp3) is 0.538. The fourth-order valence-corrected chi connectivity index (χ4v) is 2.30. The Balaban J connectivity index is 2.02. The summed E-state index contributed by atoms with van der Waals surface area (Å²) in [6.45, 7) is 4.79. The molecule has 1 heteroatoms. The molecule has 0 saturated carbocycles. The van der Waals surface area contributed by atoms with Gasteiger partial charge in [-0.1, -0.05) is 37.3 Å². The predicted octanol–water partition coefficient (Wildman–Crippen LogP) is 2.62. The quantitative estimate of drug-likeness (QED) is 0.754. The van der Waals surface area contributed by atoms with Gasteiger partial charge in [-0.15, -0.1) is 0 Å². The SMILES string of the molecule is CC1(Cc2ccccc2)CCNCC1. The first kappa shape index (κ1) is 9.72. The molecule has 2 rings (SSSR count). The van der Waals surface area contributed by atoms with Crippen LogP contribution in [0.4, 0.5) is 0 Å². The smallest absolute Gasteiger partial charge is 0.00436 e. The van der Waals surface area contributed by atoms with E-state index in [1.165, 1.54) is 37.9 Å². The Morgan fingerprint density at radius 1 is 1.14 bits per heavy atom. The Labute approximate surface area is 86.5 Å². The van der Waals surface area contributed by atoms with E-state index in [2.05, 4.69) is 42.6 Å². The number of hydrogen-bond donors (Lipinski definition) is 1. The van der Waals surface area contributed by atoms with Crippen molar-refractivity contribution < 1.29 is 0 Å². The van der Waals surface area contributed by atoms with Gasteiger partial charge >= 0.3 is 0 Å². The summed E-state index contributed by atoms with van der Waals surface area (Å²) < 4.78 is 0. The van der Waals surface area contributed by atoms with Crippen molar-refractivity contribution in [1.82, 2.24) is 5.32 Å². The van der Waals surface area contributed by atoms with Crippen LogP contribution in [0.5, 0.6) is 0 Å². The average molecular weight is 189 g/mol. The van der Waals surface area contributed by atoms with Gasteiger partial charge in [0.05, 0.1) is 0 Å². The van der Waals surface area contributed by atoms with E-state index < -0.39 is 0 Å². The third kappa shape index (κ3) is 2.36. The van der Waals surface area contributed by atoms with Crippen molar-refractivity contribution in [3.05, 3.63) is 35.9 Å². The van der Waals surface area contributed by atoms with E-state index in [9.17, 15) is 0 Å². The zero-order chi connectivity index (χ0) is 9.86. The summed E-state index contributed by atoms with van der Waals surface area (Å²) in [7, 11) is 0. The lowest BCUT2D eigenvalue weighted by atomic mass is 9.76. The molecule has 1 aliphatic heterocycles. The first-order chi connectivity index (χ1) is 6.79. The molecule has 76 valence electrons. The number of rotatable bonds is 2. The third-order valence-corrected chi connectivity index (χ3v) is 3.28. The molecule has 0 amide bonds. The van der Waals surface area contributed by atoms with Gasteiger partial charge in [0.15, 0.2) is 0 Å². The highest BCUT2D eigenvalue weighted by Gasteiger charge is 2.26. The molecule has 14 heavy (non-hydrogen) atoms. The van der Waals surface area contributed by atoms with E-state index in [1.807, 2.05) is 0 Å². The number of piperidine rings is 1. The molecule has 1 aromatic carbocycles. The van der Waals surface area contributed by atoms with Crippen LogP contribution >= 0.6 is 0 Å². The highest BCUT2D eigenvalue weighted by atomic mass is 14.9. The van der Waals surface area contributed by atoms with Crippen molar-refractivity contribution in [3.63, 3.8) is 0 Å². The second kappa shape index (κ2) is 4.14. The van der Waals surface area contributed by atoms with Gasteiger partial charge in [0, 0.05) is 0 Å². The maximum atomic E-state index is 3.43. The normalized spacial score (nSPS) is 20.6. The zero-order valence-electron chi connectivity index (χ0n) is 8.92. The third-order valence-electron chi connectivity index (χ3n) is 3.28. The van der Waals surface area contributed by atoms with Crippen LogP contribution in [-0.4, -0.2) is 13.1 Å². The van der Waals surface area contributed by atoms with E-state index in [0.29, 0.717) is 5.41 Å². The highest BCUT2D eigenvalue weighted by Crippen LogP contribution is 2.31. The first-order valence-corrected chi connectivity index (χ1v) is 5.53. The lowest BCUT2D eigenvalue weighted by Gasteiger charge is -2.34. The molecule has 1 aliphatic rings. The van der Waals surface area contributed by atoms with Crippen LogP contribution in [0.25, 0.3) is 0 Å². The lowest BCUT2D eigenvalue weighted by molar-refractivity contribution is 0.228. The van der Waals surface area contributed by atoms with E-state index in [4.69, 9.17) is 0 Å². The Morgan fingerprint density at radius 2 is 1.79 bits per heavy atom. The Kier molecular flexibility index (Phi) is 2.87. The van der Waals surface area contributed by atoms with Gasteiger partial charge in [-0.25, -0.2) is 0 Å². The van der Waals surface area contributed by atoms with E-state index >= 15 is 0 Å². The Morgan fingerprint density at radius 3 is 2.43 bits per heavy atom. The van der Waals surface area contributed by atoms with Crippen LogP contribution in [-0.2, 0) is 6.42 Å². The van der Waals surface area contributed by atoms with Gasteiger partial charge in [-0.3, -0.25) is 0 Å². The molecular formula is C13H19N. The van der Waals surface area contributed by atoms with Crippen molar-refractivity contribution in [1.29, 1.82) is 0 Å². The molecule has 0 aromatic heterocycles. The summed E-state index contributed by atoms with van der Waals surface area (Å²) in [6.07, 6.45) is 3.85. The van der Waals surface area contributed by atoms with Crippen molar-refractivity contribution in [2.75, 3.05) is 13.1 Å². The molecular weight excluding hydrogens is 170 g/mol. The second-order valence-electron chi connectivity index (χ2n) is 4.72. The number of hydrogen-bond acceptors (Lipinski definition) is 1. The van der Waals surface area contributed by atoms with E-state index in [-0.39, 0.29) is 0 Å². The predicted molar refractivity (Wildman–Crippen MR) is 60.4 cm³/mol. The summed E-state index contributed by atoms with van der Waals surface area (Å²) in [6, 6.07) is 10.9. The van der Waals surface area contributed by atoms with E-state index in [1.54, 1.807) is 0 Å². The molecule has 0 bridgehead atoms. The largest absolute Gasteiger partial charge is 0.317 e. The minimum atomic E-state index is 0.520. The molecule has 1 aromatic rings. The van der Waals surface area contributed by atoms with Crippen LogP contribution in [0.3, 0.4) is 0 Å². The molecule has 1 heterocycles. The van der Waals surface area contributed by atoms with Gasteiger partial charge in [-0.05, 0) is 43.3 Å². The van der Waals surface area contributed by atoms with Gasteiger partial charge in [0.1, 0.15) is 0 Å². The molecule has 1 nitrogen and oxygen atoms in total. The van der Waals surface area contributed by atoms with Gasteiger partial charge < -0.3 is 5.32 Å². The zero-order valence-corrected chi connectivity index (χ0v) is 8.92. The average Bonchev–Trinajstić information content (AvgIpc) is 2.19. The Bertz CT molecular complexity index is 273. The van der Waals surface area contributed by atoms with Gasteiger partial charge in [-0.2, -0.15) is 0 Å². The van der Waals surface area contributed by atoms with Crippen LogP contribution in [0.1, 0.15) is 25.3 Å². The van der Waals surface area contributed by atoms with Crippen molar-refractivity contribution in [2.24, 2.45) is 5.41 Å². The molecule has 1 N–H and O–H groups in total. The van der Waals surface area contributed by atoms with Crippen molar-refractivity contribution >= 4 is 0 Å². The summed E-state index contributed by atoms with van der Waals surface area (Å²) in [5, 5.41) is 3.43. The number of nitrogens with one attached hydrogen (secondary N) is 1. The van der Waals surface area contributed by atoms with Gasteiger partial charge in [0.2, 0.25) is 0 Å². The fourth-order valence-electron chi connectivity index (χ4n) is 2.30. The first-order valence-electron chi connectivity index (χ1n) is 5.53. The van der Waals surface area contributed by atoms with Crippen LogP contribution in [0, 0.1) is 5.41 Å². The maximum absolute atomic E-state index is 3.43. The van der Waals surface area contributed by atoms with Crippen molar-refractivity contribution in [2.45, 2.75) is 26.2 Å². The highest BCUT2D eigenvalue weighted by molar-refractivity contribution is 5.16. The Hall–Kier alpha value is -0.820. The molecule has 0 aliphatic carbocycles. The summed E-state index contributed by atoms with van der Waals surface area (Å²) in [5.74, 6) is 0. The summed E-state index contributed by atoms with van der Waals surface area (Å²) in [4.78, 5) is 0. The van der Waals surface area contributed by atoms with E-state index in [0.717, 1.165) is 0 Å². The van der Waals surface area contributed by atoms with Crippen LogP contribution in [0.15, 0.2) is 30.3 Å². The molecule has 0 spiro atoms. The van der Waals surface area contributed by atoms with Crippen LogP contribution < -0.4 is 5.32 Å². The molecule has 0 unspecified atom stereocenters. The number of benzene rings is 1. The molecule has 0 radical (unpaired) electrons. The summed E-state index contributed by atoms with van der Waals surface area (Å²) in [5.41, 5.74) is 2.00. The minimum Gasteiger partial charge on any atom is -0.317 e. The molecule has 1 saturated heterocycles. The van der Waals surface area contributed by atoms with Crippen molar-refractivity contribution in [3.8, 4) is 0 Å². The van der Waals surface area contributed by atoms with Crippen LogP contribution in [0.2, 0.25) is 0 Å². The topological polar surface area (TPSA) is 12.0 Å². The molecule has 0 atom stereocenters. The van der Waals surface area contributed by atoms with Gasteiger partial charge in [0.25, 0.3) is 0 Å². The second-order valence-corrected chi connectivity index (χ2v) is 4.72.